The lowest BCUT2D eigenvalue weighted by Gasteiger charge is -2.11. The number of rotatable bonds is 2. The van der Waals surface area contributed by atoms with Gasteiger partial charge in [0.2, 0.25) is 0 Å². The number of allylic oxidation sites excluding steroid dienone is 1. The highest BCUT2D eigenvalue weighted by Crippen LogP contribution is 2.44. The molecule has 2 aliphatic heterocycles. The smallest absolute Gasteiger partial charge is 0.257 e. The quantitative estimate of drug-likeness (QED) is 0.515. The molecule has 3 aromatic carbocycles. The topological polar surface area (TPSA) is 44.7 Å². The molecule has 3 aromatic rings. The van der Waals surface area contributed by atoms with Gasteiger partial charge in [-0.1, -0.05) is 66.7 Å². The average Bonchev–Trinajstić information content (AvgIpc) is 3.29. The fraction of sp³-hybridized carbons (Fsp3) is 0. The van der Waals surface area contributed by atoms with Crippen LogP contribution in [-0.2, 0) is 4.79 Å². The number of nitrogens with zero attached hydrogens (tertiary/aromatic N) is 2. The number of para-hydroxylation sites is 2. The number of anilines is 2. The summed E-state index contributed by atoms with van der Waals surface area (Å²) < 4.78 is 1.87. The third-order valence-electron chi connectivity index (χ3n) is 4.51. The monoisotopic (exact) mass is 369 g/mol. The van der Waals surface area contributed by atoms with Gasteiger partial charge in [0.25, 0.3) is 5.91 Å². The summed E-state index contributed by atoms with van der Waals surface area (Å²) in [6, 6.07) is 27.7. The Labute approximate surface area is 161 Å². The van der Waals surface area contributed by atoms with E-state index < -0.39 is 0 Å². The van der Waals surface area contributed by atoms with Crippen LogP contribution in [0.5, 0.6) is 0 Å². The van der Waals surface area contributed by atoms with Crippen LogP contribution in [0.25, 0.3) is 5.57 Å². The molecule has 0 atom stereocenters. The molecule has 1 N–H and O–H groups in total. The maximum atomic E-state index is 12.8. The van der Waals surface area contributed by atoms with Crippen LogP contribution in [-0.4, -0.2) is 11.6 Å². The zero-order chi connectivity index (χ0) is 18.2. The predicted octanol–water partition coefficient (Wildman–Crippen LogP) is 4.92. The molecule has 0 spiro atoms. The minimum Gasteiger partial charge on any atom is -0.321 e. The molecule has 27 heavy (non-hydrogen) atoms. The third-order valence-corrected chi connectivity index (χ3v) is 5.55. The first-order chi connectivity index (χ1) is 13.3. The lowest BCUT2D eigenvalue weighted by Crippen LogP contribution is -2.09. The van der Waals surface area contributed by atoms with Gasteiger partial charge in [-0.25, -0.2) is 4.41 Å². The fourth-order valence-electron chi connectivity index (χ4n) is 3.24. The molecule has 1 amide bonds. The summed E-state index contributed by atoms with van der Waals surface area (Å²) in [5.74, 6) is -0.0859. The SMILES string of the molecule is O=C1Nc2ccccc2/C1=C1\SN(c2ccccc2)N=C1c1ccccc1. The molecule has 0 aliphatic carbocycles. The highest BCUT2D eigenvalue weighted by Gasteiger charge is 2.34. The second-order valence-electron chi connectivity index (χ2n) is 6.22. The Morgan fingerprint density at radius 2 is 1.48 bits per heavy atom. The van der Waals surface area contributed by atoms with E-state index >= 15 is 0 Å². The van der Waals surface area contributed by atoms with E-state index in [0.29, 0.717) is 5.57 Å². The van der Waals surface area contributed by atoms with Crippen LogP contribution in [0.4, 0.5) is 11.4 Å². The Morgan fingerprint density at radius 1 is 0.815 bits per heavy atom. The molecular weight excluding hydrogens is 354 g/mol. The van der Waals surface area contributed by atoms with Gasteiger partial charge in [-0.2, -0.15) is 5.10 Å². The summed E-state index contributed by atoms with van der Waals surface area (Å²) in [5, 5.41) is 7.80. The number of carbonyl (C=O) groups excluding carboxylic acids is 1. The number of benzene rings is 3. The Hall–Kier alpha value is -3.31. The molecule has 4 nitrogen and oxygen atoms in total. The zero-order valence-electron chi connectivity index (χ0n) is 14.3. The van der Waals surface area contributed by atoms with Gasteiger partial charge in [0.1, 0.15) is 5.71 Å². The summed E-state index contributed by atoms with van der Waals surface area (Å²) in [5.41, 5.74) is 5.21. The van der Waals surface area contributed by atoms with E-state index in [1.807, 2.05) is 89.3 Å². The van der Waals surface area contributed by atoms with Crippen LogP contribution in [0.15, 0.2) is 94.9 Å². The van der Waals surface area contributed by atoms with Crippen molar-refractivity contribution in [1.29, 1.82) is 0 Å². The van der Waals surface area contributed by atoms with Gasteiger partial charge in [-0.15, -0.1) is 0 Å². The molecular formula is C22H15N3OS. The first-order valence-electron chi connectivity index (χ1n) is 8.64. The number of hydrazone groups is 1. The van der Waals surface area contributed by atoms with Crippen LogP contribution in [0.1, 0.15) is 11.1 Å². The molecule has 0 saturated heterocycles. The van der Waals surface area contributed by atoms with Crippen molar-refractivity contribution in [2.75, 3.05) is 9.73 Å². The van der Waals surface area contributed by atoms with Gasteiger partial charge in [0.15, 0.2) is 0 Å². The van der Waals surface area contributed by atoms with Crippen molar-refractivity contribution in [3.05, 3.63) is 101 Å². The molecule has 0 aromatic heterocycles. The van der Waals surface area contributed by atoms with Gasteiger partial charge in [-0.3, -0.25) is 4.79 Å². The van der Waals surface area contributed by atoms with E-state index in [0.717, 1.165) is 33.1 Å². The Balaban J connectivity index is 1.70. The second-order valence-corrected chi connectivity index (χ2v) is 7.15. The number of hydrogen-bond donors (Lipinski definition) is 1. The predicted molar refractivity (Wildman–Crippen MR) is 111 cm³/mol. The van der Waals surface area contributed by atoms with E-state index in [4.69, 9.17) is 5.10 Å². The molecule has 0 unspecified atom stereocenters. The van der Waals surface area contributed by atoms with Crippen molar-refractivity contribution in [1.82, 2.24) is 0 Å². The van der Waals surface area contributed by atoms with Gasteiger partial charge >= 0.3 is 0 Å². The summed E-state index contributed by atoms with van der Waals surface area (Å²) >= 11 is 1.48. The Bertz CT molecular complexity index is 1090. The van der Waals surface area contributed by atoms with E-state index in [9.17, 15) is 4.79 Å². The normalized spacial score (nSPS) is 18.3. The summed E-state index contributed by atoms with van der Waals surface area (Å²) in [6.07, 6.45) is 0. The van der Waals surface area contributed by atoms with E-state index in [2.05, 4.69) is 5.32 Å². The Kier molecular flexibility index (Phi) is 3.80. The van der Waals surface area contributed by atoms with Crippen LogP contribution in [0.3, 0.4) is 0 Å². The van der Waals surface area contributed by atoms with E-state index in [1.165, 1.54) is 11.9 Å². The third kappa shape index (κ3) is 2.73. The first-order valence-corrected chi connectivity index (χ1v) is 9.41. The molecule has 2 aliphatic rings. The average molecular weight is 369 g/mol. The van der Waals surface area contributed by atoms with Crippen LogP contribution >= 0.6 is 11.9 Å². The first kappa shape index (κ1) is 15.9. The van der Waals surface area contributed by atoms with Crippen LogP contribution in [0, 0.1) is 0 Å². The van der Waals surface area contributed by atoms with Gasteiger partial charge in [0, 0.05) is 28.8 Å². The summed E-state index contributed by atoms with van der Waals surface area (Å²) in [6.45, 7) is 0. The van der Waals surface area contributed by atoms with Crippen molar-refractivity contribution in [2.45, 2.75) is 0 Å². The molecule has 130 valence electrons. The number of fused-ring (bicyclic) bond motifs is 1. The van der Waals surface area contributed by atoms with E-state index in [1.54, 1.807) is 0 Å². The molecule has 0 fully saturated rings. The van der Waals surface area contributed by atoms with Gasteiger partial charge in [-0.05, 0) is 18.2 Å². The lowest BCUT2D eigenvalue weighted by molar-refractivity contribution is -0.110. The number of carbonyl (C=O) groups is 1. The fourth-order valence-corrected chi connectivity index (χ4v) is 4.31. The van der Waals surface area contributed by atoms with Crippen molar-refractivity contribution in [3.8, 4) is 0 Å². The van der Waals surface area contributed by atoms with Crippen molar-refractivity contribution < 1.29 is 4.79 Å². The zero-order valence-corrected chi connectivity index (χ0v) is 15.1. The maximum Gasteiger partial charge on any atom is 0.257 e. The summed E-state index contributed by atoms with van der Waals surface area (Å²) in [4.78, 5) is 13.7. The van der Waals surface area contributed by atoms with Crippen molar-refractivity contribution >= 4 is 40.5 Å². The maximum absolute atomic E-state index is 12.8. The van der Waals surface area contributed by atoms with Gasteiger partial charge in [0.05, 0.1) is 16.2 Å². The summed E-state index contributed by atoms with van der Waals surface area (Å²) in [7, 11) is 0. The molecule has 0 radical (unpaired) electrons. The molecule has 5 heteroatoms. The highest BCUT2D eigenvalue weighted by molar-refractivity contribution is 8.06. The number of hydrogen-bond acceptors (Lipinski definition) is 4. The molecule has 0 bridgehead atoms. The number of amides is 1. The minimum absolute atomic E-state index is 0.0859. The number of nitrogens with one attached hydrogen (secondary N) is 1. The molecule has 0 saturated carbocycles. The van der Waals surface area contributed by atoms with Crippen molar-refractivity contribution in [3.63, 3.8) is 0 Å². The minimum atomic E-state index is -0.0859. The van der Waals surface area contributed by atoms with Gasteiger partial charge < -0.3 is 5.32 Å². The van der Waals surface area contributed by atoms with E-state index in [-0.39, 0.29) is 5.91 Å². The lowest BCUT2D eigenvalue weighted by atomic mass is 10.0. The Morgan fingerprint density at radius 3 is 2.26 bits per heavy atom. The highest BCUT2D eigenvalue weighted by atomic mass is 32.2. The standard InChI is InChI=1S/C22H15N3OS/c26-22-19(17-13-7-8-14-18(17)23-22)21-20(15-9-3-1-4-10-15)24-25(27-21)16-11-5-2-6-12-16/h1-14H,(H,23,26)/b21-19+. The van der Waals surface area contributed by atoms with Crippen LogP contribution in [0.2, 0.25) is 0 Å². The largest absolute Gasteiger partial charge is 0.321 e. The second kappa shape index (κ2) is 6.45. The van der Waals surface area contributed by atoms with Crippen LogP contribution < -0.4 is 9.73 Å². The molecule has 5 rings (SSSR count). The molecule has 2 heterocycles. The van der Waals surface area contributed by atoms with Crippen molar-refractivity contribution in [2.24, 2.45) is 5.10 Å².